The molecule has 1 saturated heterocycles. The van der Waals surface area contributed by atoms with Crippen molar-refractivity contribution in [3.8, 4) is 11.1 Å². The van der Waals surface area contributed by atoms with Gasteiger partial charge in [0.15, 0.2) is 0 Å². The summed E-state index contributed by atoms with van der Waals surface area (Å²) in [5.41, 5.74) is 3.25. The van der Waals surface area contributed by atoms with E-state index in [1.54, 1.807) is 12.1 Å². The minimum atomic E-state index is -0.273. The van der Waals surface area contributed by atoms with Crippen LogP contribution < -0.4 is 10.9 Å². The first kappa shape index (κ1) is 13.7. The third-order valence-corrected chi connectivity index (χ3v) is 4.89. The van der Waals surface area contributed by atoms with Crippen LogP contribution in [-0.4, -0.2) is 17.7 Å². The molecular formula is C18H19FN2O. The van der Waals surface area contributed by atoms with Crippen LogP contribution in [0.4, 0.5) is 4.39 Å². The Morgan fingerprint density at radius 3 is 2.95 bits per heavy atom. The third-order valence-electron chi connectivity index (χ3n) is 4.89. The molecule has 0 aliphatic carbocycles. The van der Waals surface area contributed by atoms with Crippen LogP contribution in [0.2, 0.25) is 0 Å². The van der Waals surface area contributed by atoms with Gasteiger partial charge in [-0.2, -0.15) is 0 Å². The summed E-state index contributed by atoms with van der Waals surface area (Å²) in [6, 6.07) is 8.62. The fourth-order valence-electron chi connectivity index (χ4n) is 3.82. The summed E-state index contributed by atoms with van der Waals surface area (Å²) in [4.78, 5) is 12.5. The summed E-state index contributed by atoms with van der Waals surface area (Å²) in [7, 11) is 0. The molecule has 1 fully saturated rings. The van der Waals surface area contributed by atoms with E-state index in [1.165, 1.54) is 6.07 Å². The molecule has 4 heteroatoms. The largest absolute Gasteiger partial charge is 0.316 e. The second-order valence-corrected chi connectivity index (χ2v) is 6.56. The van der Waals surface area contributed by atoms with E-state index in [0.29, 0.717) is 23.0 Å². The van der Waals surface area contributed by atoms with E-state index in [-0.39, 0.29) is 11.4 Å². The summed E-state index contributed by atoms with van der Waals surface area (Å²) in [5.74, 6) is 0.615. The van der Waals surface area contributed by atoms with E-state index in [4.69, 9.17) is 0 Å². The van der Waals surface area contributed by atoms with Gasteiger partial charge in [0.2, 0.25) is 0 Å². The van der Waals surface area contributed by atoms with E-state index in [0.717, 1.165) is 37.3 Å². The molecule has 1 N–H and O–H groups in total. The van der Waals surface area contributed by atoms with E-state index in [1.807, 2.05) is 23.6 Å². The number of aryl methyl sites for hydroxylation is 1. The molecule has 2 atom stereocenters. The van der Waals surface area contributed by atoms with Crippen molar-refractivity contribution in [1.82, 2.24) is 9.88 Å². The average molecular weight is 298 g/mol. The van der Waals surface area contributed by atoms with Crippen LogP contribution in [0.25, 0.3) is 11.1 Å². The standard InChI is InChI=1S/C18H19FN2O/c1-11-2-3-16(19)15(4-11)13-6-17-14-5-12(8-20-9-14)10-21(17)18(22)7-13/h2-4,6-7,12,14,20H,5,8-10H2,1H3/t12-,14+/m0/s1. The topological polar surface area (TPSA) is 34.0 Å². The summed E-state index contributed by atoms with van der Waals surface area (Å²) in [5, 5.41) is 3.44. The lowest BCUT2D eigenvalue weighted by Gasteiger charge is -2.37. The number of aromatic nitrogens is 1. The number of rotatable bonds is 1. The monoisotopic (exact) mass is 298 g/mol. The highest BCUT2D eigenvalue weighted by Gasteiger charge is 2.31. The van der Waals surface area contributed by atoms with Crippen LogP contribution in [0, 0.1) is 18.7 Å². The average Bonchev–Trinajstić information content (AvgIpc) is 2.51. The minimum Gasteiger partial charge on any atom is -0.316 e. The smallest absolute Gasteiger partial charge is 0.251 e. The first-order chi connectivity index (χ1) is 10.6. The van der Waals surface area contributed by atoms with Crippen molar-refractivity contribution in [2.24, 2.45) is 5.92 Å². The fourth-order valence-corrected chi connectivity index (χ4v) is 3.82. The number of pyridine rings is 1. The minimum absolute atomic E-state index is 0.00925. The van der Waals surface area contributed by atoms with Gasteiger partial charge in [0, 0.05) is 36.3 Å². The van der Waals surface area contributed by atoms with Gasteiger partial charge in [0.05, 0.1) is 0 Å². The molecule has 2 aliphatic heterocycles. The van der Waals surface area contributed by atoms with Gasteiger partial charge in [0.1, 0.15) is 5.82 Å². The molecule has 0 unspecified atom stereocenters. The molecule has 2 bridgehead atoms. The Labute approximate surface area is 128 Å². The van der Waals surface area contributed by atoms with Gasteiger partial charge in [-0.3, -0.25) is 4.79 Å². The van der Waals surface area contributed by atoms with Gasteiger partial charge in [-0.1, -0.05) is 11.6 Å². The highest BCUT2D eigenvalue weighted by Crippen LogP contribution is 2.34. The van der Waals surface area contributed by atoms with E-state index in [2.05, 4.69) is 5.32 Å². The molecule has 4 rings (SSSR count). The molecule has 2 aromatic rings. The van der Waals surface area contributed by atoms with Crippen LogP contribution in [0.15, 0.2) is 35.1 Å². The molecule has 114 valence electrons. The van der Waals surface area contributed by atoms with E-state index < -0.39 is 0 Å². The molecule has 0 amide bonds. The molecule has 3 heterocycles. The molecule has 3 nitrogen and oxygen atoms in total. The van der Waals surface area contributed by atoms with Crippen LogP contribution in [0.3, 0.4) is 0 Å². The number of hydrogen-bond donors (Lipinski definition) is 1. The number of nitrogens with one attached hydrogen (secondary N) is 1. The highest BCUT2D eigenvalue weighted by molar-refractivity contribution is 5.65. The van der Waals surface area contributed by atoms with Gasteiger partial charge < -0.3 is 9.88 Å². The SMILES string of the molecule is Cc1ccc(F)c(-c2cc3n(c(=O)c2)C[C@@H]2CNC[C@H]3C2)c1. The first-order valence-corrected chi connectivity index (χ1v) is 7.84. The summed E-state index contributed by atoms with van der Waals surface area (Å²) in [6.07, 6.45) is 1.12. The maximum Gasteiger partial charge on any atom is 0.251 e. The van der Waals surface area contributed by atoms with Crippen molar-refractivity contribution < 1.29 is 4.39 Å². The Hall–Kier alpha value is -1.94. The molecule has 2 aliphatic rings. The number of benzene rings is 1. The third kappa shape index (κ3) is 2.18. The number of fused-ring (bicyclic) bond motifs is 4. The number of hydrogen-bond acceptors (Lipinski definition) is 2. The maximum absolute atomic E-state index is 14.2. The lowest BCUT2D eigenvalue weighted by molar-refractivity contribution is 0.257. The number of halogens is 1. The van der Waals surface area contributed by atoms with Crippen LogP contribution in [-0.2, 0) is 6.54 Å². The predicted octanol–water partition coefficient (Wildman–Crippen LogP) is 2.67. The summed E-state index contributed by atoms with van der Waals surface area (Å²) >= 11 is 0. The molecule has 1 aromatic carbocycles. The molecule has 22 heavy (non-hydrogen) atoms. The Balaban J connectivity index is 1.88. The number of nitrogens with zero attached hydrogens (tertiary/aromatic N) is 1. The molecule has 0 radical (unpaired) electrons. The van der Waals surface area contributed by atoms with Crippen molar-refractivity contribution in [3.63, 3.8) is 0 Å². The lowest BCUT2D eigenvalue weighted by Crippen LogP contribution is -2.44. The van der Waals surface area contributed by atoms with Crippen molar-refractivity contribution in [3.05, 3.63) is 57.8 Å². The Bertz CT molecular complexity index is 796. The van der Waals surface area contributed by atoms with Crippen molar-refractivity contribution >= 4 is 0 Å². The number of piperidine rings is 1. The lowest BCUT2D eigenvalue weighted by atomic mass is 9.83. The second kappa shape index (κ2) is 5.06. The van der Waals surface area contributed by atoms with Gasteiger partial charge in [-0.15, -0.1) is 0 Å². The molecule has 0 spiro atoms. The molecule has 0 saturated carbocycles. The van der Waals surface area contributed by atoms with Crippen LogP contribution >= 0.6 is 0 Å². The van der Waals surface area contributed by atoms with E-state index in [9.17, 15) is 9.18 Å². The normalized spacial score (nSPS) is 23.2. The maximum atomic E-state index is 14.2. The zero-order valence-corrected chi connectivity index (χ0v) is 12.6. The molecule has 1 aromatic heterocycles. The van der Waals surface area contributed by atoms with Crippen molar-refractivity contribution in [1.29, 1.82) is 0 Å². The highest BCUT2D eigenvalue weighted by atomic mass is 19.1. The van der Waals surface area contributed by atoms with Crippen molar-refractivity contribution in [2.75, 3.05) is 13.1 Å². The Morgan fingerprint density at radius 2 is 2.09 bits per heavy atom. The van der Waals surface area contributed by atoms with Gasteiger partial charge in [0.25, 0.3) is 5.56 Å². The quantitative estimate of drug-likeness (QED) is 0.878. The summed E-state index contributed by atoms with van der Waals surface area (Å²) < 4.78 is 16.0. The Morgan fingerprint density at radius 1 is 1.23 bits per heavy atom. The Kier molecular flexibility index (Phi) is 3.15. The van der Waals surface area contributed by atoms with Crippen LogP contribution in [0.5, 0.6) is 0 Å². The zero-order chi connectivity index (χ0) is 15.3. The molecular weight excluding hydrogens is 279 g/mol. The first-order valence-electron chi connectivity index (χ1n) is 7.84. The van der Waals surface area contributed by atoms with E-state index >= 15 is 0 Å². The van der Waals surface area contributed by atoms with Gasteiger partial charge in [-0.05, 0) is 49.6 Å². The second-order valence-electron chi connectivity index (χ2n) is 6.56. The van der Waals surface area contributed by atoms with Crippen molar-refractivity contribution in [2.45, 2.75) is 25.8 Å². The van der Waals surface area contributed by atoms with Crippen LogP contribution in [0.1, 0.15) is 23.6 Å². The zero-order valence-electron chi connectivity index (χ0n) is 12.6. The summed E-state index contributed by atoms with van der Waals surface area (Å²) in [6.45, 7) is 4.59. The van der Waals surface area contributed by atoms with Gasteiger partial charge in [-0.25, -0.2) is 4.39 Å². The van der Waals surface area contributed by atoms with Gasteiger partial charge >= 0.3 is 0 Å². The fraction of sp³-hybridized carbons (Fsp3) is 0.389. The predicted molar refractivity (Wildman–Crippen MR) is 84.6 cm³/mol.